The normalized spacial score (nSPS) is 14.8. The average Bonchev–Trinajstić information content (AvgIpc) is 3.28. The Morgan fingerprint density at radius 2 is 1.89 bits per heavy atom. The third-order valence-corrected chi connectivity index (χ3v) is 6.81. The van der Waals surface area contributed by atoms with Crippen molar-refractivity contribution in [2.45, 2.75) is 44.0 Å². The van der Waals surface area contributed by atoms with Crippen LogP contribution in [0.1, 0.15) is 41.5 Å². The number of sulfonamides is 1. The highest BCUT2D eigenvalue weighted by Gasteiger charge is 2.34. The molecule has 4 rings (SSSR count). The molecule has 1 aliphatic rings. The molecule has 2 heterocycles. The van der Waals surface area contributed by atoms with Crippen LogP contribution in [0.3, 0.4) is 0 Å². The molecule has 0 atom stereocenters. The molecule has 1 aromatic carbocycles. The molecule has 7 nitrogen and oxygen atoms in total. The lowest BCUT2D eigenvalue weighted by atomic mass is 10.2. The summed E-state index contributed by atoms with van der Waals surface area (Å²) in [4.78, 5) is 7.77. The first-order chi connectivity index (χ1) is 12.9. The Hall–Kier alpha value is -2.45. The van der Waals surface area contributed by atoms with Gasteiger partial charge in [0.15, 0.2) is 5.82 Å². The number of aromatic amines is 1. The van der Waals surface area contributed by atoms with Crippen LogP contribution in [0.5, 0.6) is 0 Å². The summed E-state index contributed by atoms with van der Waals surface area (Å²) >= 11 is 0. The molecule has 0 radical (unpaired) electrons. The minimum absolute atomic E-state index is 0.199. The largest absolute Gasteiger partial charge is 0.361 e. The lowest BCUT2D eigenvalue weighted by Crippen LogP contribution is -2.27. The zero-order chi connectivity index (χ0) is 19.2. The Labute approximate surface area is 158 Å². The van der Waals surface area contributed by atoms with E-state index < -0.39 is 10.0 Å². The predicted molar refractivity (Wildman–Crippen MR) is 101 cm³/mol. The Bertz CT molecular complexity index is 1070. The molecule has 142 valence electrons. The lowest BCUT2D eigenvalue weighted by molar-refractivity contribution is 0.421. The molecule has 1 saturated carbocycles. The fourth-order valence-corrected chi connectivity index (χ4v) is 4.83. The van der Waals surface area contributed by atoms with Gasteiger partial charge in [0.2, 0.25) is 10.0 Å². The van der Waals surface area contributed by atoms with E-state index in [-0.39, 0.29) is 17.3 Å². The van der Waals surface area contributed by atoms with E-state index in [1.54, 1.807) is 14.0 Å². The second-order valence-electron chi connectivity index (χ2n) is 7.06. The molecule has 0 amide bonds. The van der Waals surface area contributed by atoms with Crippen molar-refractivity contribution in [1.29, 1.82) is 0 Å². The van der Waals surface area contributed by atoms with E-state index in [0.29, 0.717) is 28.7 Å². The van der Waals surface area contributed by atoms with Crippen LogP contribution in [0.2, 0.25) is 0 Å². The highest BCUT2D eigenvalue weighted by atomic mass is 32.2. The summed E-state index contributed by atoms with van der Waals surface area (Å²) in [5, 5.41) is 4.03. The Kier molecular flexibility index (Phi) is 4.39. The van der Waals surface area contributed by atoms with Gasteiger partial charge in [-0.25, -0.2) is 8.42 Å². The molecule has 0 spiro atoms. The third kappa shape index (κ3) is 3.30. The lowest BCUT2D eigenvalue weighted by Gasteiger charge is -2.18. The minimum Gasteiger partial charge on any atom is -0.361 e. The number of aromatic nitrogens is 3. The molecule has 1 aliphatic carbocycles. The maximum atomic E-state index is 13.3. The van der Waals surface area contributed by atoms with Gasteiger partial charge in [-0.1, -0.05) is 35.5 Å². The van der Waals surface area contributed by atoms with E-state index in [1.807, 2.05) is 37.3 Å². The highest BCUT2D eigenvalue weighted by Crippen LogP contribution is 2.40. The van der Waals surface area contributed by atoms with Crippen molar-refractivity contribution in [3.63, 3.8) is 0 Å². The van der Waals surface area contributed by atoms with Gasteiger partial charge in [0.05, 0.1) is 5.56 Å². The van der Waals surface area contributed by atoms with Crippen molar-refractivity contribution in [2.24, 2.45) is 0 Å². The fraction of sp³-hybridized carbons (Fsp3) is 0.368. The van der Waals surface area contributed by atoms with Gasteiger partial charge in [0, 0.05) is 30.9 Å². The van der Waals surface area contributed by atoms with Crippen LogP contribution in [0.25, 0.3) is 11.5 Å². The molecule has 0 bridgehead atoms. The highest BCUT2D eigenvalue weighted by molar-refractivity contribution is 7.89. The molecule has 3 aromatic rings. The third-order valence-electron chi connectivity index (χ3n) is 4.83. The smallest absolute Gasteiger partial charge is 0.261 e. The fourth-order valence-electron chi connectivity index (χ4n) is 3.26. The van der Waals surface area contributed by atoms with Gasteiger partial charge in [0.1, 0.15) is 4.90 Å². The molecule has 0 aliphatic heterocycles. The van der Waals surface area contributed by atoms with Crippen molar-refractivity contribution in [1.82, 2.24) is 19.4 Å². The second-order valence-corrected chi connectivity index (χ2v) is 9.04. The molecular formula is C19H22N4O3S. The van der Waals surface area contributed by atoms with Gasteiger partial charge >= 0.3 is 0 Å². The number of aryl methyl sites for hydroxylation is 2. The van der Waals surface area contributed by atoms with Gasteiger partial charge in [-0.2, -0.15) is 9.29 Å². The number of rotatable bonds is 6. The molecule has 8 heteroatoms. The van der Waals surface area contributed by atoms with Gasteiger partial charge in [-0.15, -0.1) is 0 Å². The van der Waals surface area contributed by atoms with Gasteiger partial charge in [0.25, 0.3) is 5.89 Å². The zero-order valence-corrected chi connectivity index (χ0v) is 16.4. The number of hydrogen-bond acceptors (Lipinski definition) is 5. The van der Waals surface area contributed by atoms with Crippen LogP contribution in [0.4, 0.5) is 0 Å². The monoisotopic (exact) mass is 386 g/mol. The van der Waals surface area contributed by atoms with E-state index in [2.05, 4.69) is 15.1 Å². The quantitative estimate of drug-likeness (QED) is 0.701. The van der Waals surface area contributed by atoms with Crippen molar-refractivity contribution < 1.29 is 12.9 Å². The molecule has 0 saturated heterocycles. The Morgan fingerprint density at radius 3 is 2.56 bits per heavy atom. The van der Waals surface area contributed by atoms with Crippen LogP contribution >= 0.6 is 0 Å². The van der Waals surface area contributed by atoms with E-state index in [4.69, 9.17) is 4.52 Å². The maximum absolute atomic E-state index is 13.3. The maximum Gasteiger partial charge on any atom is 0.261 e. The van der Waals surface area contributed by atoms with Crippen LogP contribution in [-0.4, -0.2) is 34.9 Å². The number of nitrogens with one attached hydrogen (secondary N) is 1. The summed E-state index contributed by atoms with van der Waals surface area (Å²) in [5.74, 6) is 1.25. The van der Waals surface area contributed by atoms with E-state index in [1.165, 1.54) is 4.31 Å². The predicted octanol–water partition coefficient (Wildman–Crippen LogP) is 3.38. The van der Waals surface area contributed by atoms with E-state index >= 15 is 0 Å². The summed E-state index contributed by atoms with van der Waals surface area (Å²) in [6, 6.07) is 9.50. The average molecular weight is 386 g/mol. The number of H-pyrrole nitrogens is 1. The van der Waals surface area contributed by atoms with Gasteiger partial charge < -0.3 is 9.51 Å². The molecule has 0 unspecified atom stereocenters. The topological polar surface area (TPSA) is 92.1 Å². The van der Waals surface area contributed by atoms with Crippen LogP contribution in [0.15, 0.2) is 39.8 Å². The Balaban J connectivity index is 1.73. The molecule has 1 fully saturated rings. The van der Waals surface area contributed by atoms with E-state index in [9.17, 15) is 8.42 Å². The Morgan fingerprint density at radius 1 is 1.19 bits per heavy atom. The van der Waals surface area contributed by atoms with Gasteiger partial charge in [-0.3, -0.25) is 0 Å². The number of hydrogen-bond donors (Lipinski definition) is 1. The summed E-state index contributed by atoms with van der Waals surface area (Å²) in [7, 11) is -2.17. The van der Waals surface area contributed by atoms with Gasteiger partial charge in [-0.05, 0) is 32.3 Å². The van der Waals surface area contributed by atoms with Crippen molar-refractivity contribution in [3.8, 4) is 11.5 Å². The molecule has 2 aromatic heterocycles. The van der Waals surface area contributed by atoms with Crippen molar-refractivity contribution in [2.75, 3.05) is 7.05 Å². The zero-order valence-electron chi connectivity index (χ0n) is 15.6. The van der Waals surface area contributed by atoms with Crippen molar-refractivity contribution in [3.05, 3.63) is 53.1 Å². The molecule has 27 heavy (non-hydrogen) atoms. The SMILES string of the molecule is Cc1[nH]c(C)c(S(=O)(=O)N(C)Cc2ccccc2)c1-c1nc(C2CC2)no1. The first kappa shape index (κ1) is 17.9. The van der Waals surface area contributed by atoms with Crippen LogP contribution in [0, 0.1) is 13.8 Å². The molecule has 1 N–H and O–H groups in total. The van der Waals surface area contributed by atoms with Crippen LogP contribution in [-0.2, 0) is 16.6 Å². The summed E-state index contributed by atoms with van der Waals surface area (Å²) in [6.45, 7) is 3.85. The second kappa shape index (κ2) is 6.61. The first-order valence-electron chi connectivity index (χ1n) is 8.91. The summed E-state index contributed by atoms with van der Waals surface area (Å²) < 4.78 is 33.4. The molecular weight excluding hydrogens is 364 g/mol. The number of nitrogens with zero attached hydrogens (tertiary/aromatic N) is 3. The summed E-state index contributed by atoms with van der Waals surface area (Å²) in [6.07, 6.45) is 2.10. The van der Waals surface area contributed by atoms with Crippen LogP contribution < -0.4 is 0 Å². The standard InChI is InChI=1S/C19H22N4O3S/c1-12-16(19-21-18(22-26-19)15-9-10-15)17(13(2)20-12)27(24,25)23(3)11-14-7-5-4-6-8-14/h4-8,15,20H,9-11H2,1-3H3. The van der Waals surface area contributed by atoms with Crippen molar-refractivity contribution >= 4 is 10.0 Å². The van der Waals surface area contributed by atoms with E-state index in [0.717, 1.165) is 18.4 Å². The minimum atomic E-state index is -3.75. The summed E-state index contributed by atoms with van der Waals surface area (Å²) in [5.41, 5.74) is 2.65. The number of benzene rings is 1. The first-order valence-corrected chi connectivity index (χ1v) is 10.4.